The normalized spacial score (nSPS) is 9.40. The molecule has 10 heavy (non-hydrogen) atoms. The molecule has 0 bridgehead atoms. The first-order valence-electron chi connectivity index (χ1n) is 3.38. The Balaban J connectivity index is 2.96. The molecule has 0 radical (unpaired) electrons. The first-order chi connectivity index (χ1) is 4.81. The minimum Gasteiger partial charge on any atom is -0.382 e. The Hall–Kier alpha value is -0.610. The highest BCUT2D eigenvalue weighted by Gasteiger charge is 1.95. The molecule has 0 spiro atoms. The molecule has 0 aliphatic rings. The minimum atomic E-state index is -0.139. The quantitative estimate of drug-likeness (QED) is 0.244. The lowest BCUT2D eigenvalue weighted by Gasteiger charge is -1.99. The van der Waals surface area contributed by atoms with E-state index < -0.39 is 0 Å². The summed E-state index contributed by atoms with van der Waals surface area (Å²) in [5.41, 5.74) is 2.05. The first-order valence-corrected chi connectivity index (χ1v) is 3.38. The lowest BCUT2D eigenvalue weighted by Crippen LogP contribution is -2.29. The summed E-state index contributed by atoms with van der Waals surface area (Å²) < 4.78 is 5.01. The number of hydrogen-bond acceptors (Lipinski definition) is 3. The van der Waals surface area contributed by atoms with Crippen LogP contribution in [0, 0.1) is 0 Å². The van der Waals surface area contributed by atoms with Crippen LogP contribution in [0.25, 0.3) is 0 Å². The van der Waals surface area contributed by atoms with Crippen molar-refractivity contribution < 1.29 is 9.53 Å². The number of rotatable bonds is 5. The molecular weight excluding hydrogens is 132 g/mol. The number of amides is 1. The number of nitrogens with one attached hydrogen (secondary N) is 1. The van der Waals surface area contributed by atoms with Crippen LogP contribution in [0.4, 0.5) is 0 Å². The highest BCUT2D eigenvalue weighted by atomic mass is 16.5. The summed E-state index contributed by atoms with van der Waals surface area (Å²) in [5, 5.41) is 0. The van der Waals surface area contributed by atoms with E-state index in [9.17, 15) is 4.79 Å². The van der Waals surface area contributed by atoms with Gasteiger partial charge in [0.25, 0.3) is 0 Å². The second-order valence-corrected chi connectivity index (χ2v) is 1.87. The topological polar surface area (TPSA) is 64.3 Å². The molecule has 0 fully saturated rings. The van der Waals surface area contributed by atoms with Crippen molar-refractivity contribution in [3.8, 4) is 0 Å². The Labute approximate surface area is 60.7 Å². The smallest absolute Gasteiger partial charge is 0.233 e. The highest BCUT2D eigenvalue weighted by molar-refractivity contribution is 5.75. The zero-order chi connectivity index (χ0) is 7.82. The van der Waals surface area contributed by atoms with Crippen LogP contribution in [0.15, 0.2) is 0 Å². The molecule has 0 aromatic carbocycles. The highest BCUT2D eigenvalue weighted by Crippen LogP contribution is 1.88. The fourth-order valence-corrected chi connectivity index (χ4v) is 0.551. The van der Waals surface area contributed by atoms with Crippen molar-refractivity contribution in [3.05, 3.63) is 0 Å². The van der Waals surface area contributed by atoms with E-state index in [1.807, 2.05) is 12.3 Å². The molecular formula is C6H14N2O2. The van der Waals surface area contributed by atoms with Crippen LogP contribution >= 0.6 is 0 Å². The minimum absolute atomic E-state index is 0.139. The van der Waals surface area contributed by atoms with Gasteiger partial charge in [0.1, 0.15) is 0 Å². The fraction of sp³-hybridized carbons (Fsp3) is 0.833. The van der Waals surface area contributed by atoms with Crippen molar-refractivity contribution in [3.63, 3.8) is 0 Å². The number of nitrogens with two attached hydrogens (primary N) is 1. The van der Waals surface area contributed by atoms with E-state index in [1.165, 1.54) is 0 Å². The zero-order valence-corrected chi connectivity index (χ0v) is 6.22. The SMILES string of the molecule is CCOCCCC(=O)NN. The molecule has 0 aromatic heterocycles. The Morgan fingerprint density at radius 2 is 2.40 bits per heavy atom. The predicted octanol–water partition coefficient (Wildman–Crippen LogP) is -0.207. The van der Waals surface area contributed by atoms with Crippen LogP contribution in [0.5, 0.6) is 0 Å². The Morgan fingerprint density at radius 3 is 2.90 bits per heavy atom. The van der Waals surface area contributed by atoms with Crippen LogP contribution in [0.1, 0.15) is 19.8 Å². The summed E-state index contributed by atoms with van der Waals surface area (Å²) in [4.78, 5) is 10.5. The van der Waals surface area contributed by atoms with Gasteiger partial charge in [0.2, 0.25) is 5.91 Å². The summed E-state index contributed by atoms with van der Waals surface area (Å²) in [6.07, 6.45) is 1.17. The Bertz CT molecular complexity index is 95.7. The summed E-state index contributed by atoms with van der Waals surface area (Å²) in [6.45, 7) is 3.25. The third kappa shape index (κ3) is 5.53. The molecule has 4 heteroatoms. The van der Waals surface area contributed by atoms with Crippen LogP contribution in [0.2, 0.25) is 0 Å². The van der Waals surface area contributed by atoms with Gasteiger partial charge >= 0.3 is 0 Å². The number of ether oxygens (including phenoxy) is 1. The summed E-state index contributed by atoms with van der Waals surface area (Å²) in [6, 6.07) is 0. The average molecular weight is 146 g/mol. The second kappa shape index (κ2) is 6.51. The van der Waals surface area contributed by atoms with Gasteiger partial charge in [-0.25, -0.2) is 5.84 Å². The van der Waals surface area contributed by atoms with Gasteiger partial charge < -0.3 is 4.74 Å². The predicted molar refractivity (Wildman–Crippen MR) is 38.1 cm³/mol. The lowest BCUT2D eigenvalue weighted by atomic mass is 10.3. The van der Waals surface area contributed by atoms with E-state index in [-0.39, 0.29) is 5.91 Å². The van der Waals surface area contributed by atoms with Crippen LogP contribution in [0.3, 0.4) is 0 Å². The van der Waals surface area contributed by atoms with Crippen molar-refractivity contribution in [2.24, 2.45) is 5.84 Å². The Kier molecular flexibility index (Phi) is 6.11. The van der Waals surface area contributed by atoms with Crippen molar-refractivity contribution in [2.75, 3.05) is 13.2 Å². The maximum absolute atomic E-state index is 10.5. The van der Waals surface area contributed by atoms with Crippen molar-refractivity contribution in [1.29, 1.82) is 0 Å². The molecule has 0 saturated carbocycles. The Morgan fingerprint density at radius 1 is 1.70 bits per heavy atom. The number of carbonyl (C=O) groups excluding carboxylic acids is 1. The van der Waals surface area contributed by atoms with Crippen LogP contribution in [-0.4, -0.2) is 19.1 Å². The van der Waals surface area contributed by atoms with E-state index >= 15 is 0 Å². The lowest BCUT2D eigenvalue weighted by molar-refractivity contribution is -0.121. The van der Waals surface area contributed by atoms with Crippen molar-refractivity contribution in [1.82, 2.24) is 5.43 Å². The maximum atomic E-state index is 10.5. The summed E-state index contributed by atoms with van der Waals surface area (Å²) in [5.74, 6) is 4.71. The molecule has 0 aromatic rings. The van der Waals surface area contributed by atoms with Crippen LogP contribution < -0.4 is 11.3 Å². The van der Waals surface area contributed by atoms with E-state index in [0.29, 0.717) is 19.6 Å². The monoisotopic (exact) mass is 146 g/mol. The van der Waals surface area contributed by atoms with Gasteiger partial charge in [-0.2, -0.15) is 0 Å². The molecule has 0 atom stereocenters. The van der Waals surface area contributed by atoms with Gasteiger partial charge in [0, 0.05) is 19.6 Å². The van der Waals surface area contributed by atoms with E-state index in [2.05, 4.69) is 0 Å². The van der Waals surface area contributed by atoms with Gasteiger partial charge in [0.05, 0.1) is 0 Å². The molecule has 4 nitrogen and oxygen atoms in total. The molecule has 3 N–H and O–H groups in total. The molecule has 1 amide bonds. The van der Waals surface area contributed by atoms with Gasteiger partial charge in [-0.05, 0) is 13.3 Å². The van der Waals surface area contributed by atoms with Crippen molar-refractivity contribution in [2.45, 2.75) is 19.8 Å². The standard InChI is InChI=1S/C6H14N2O2/c1-2-10-5-3-4-6(9)8-7/h2-5,7H2,1H3,(H,8,9). The van der Waals surface area contributed by atoms with E-state index in [0.717, 1.165) is 6.42 Å². The first kappa shape index (κ1) is 9.39. The summed E-state index contributed by atoms with van der Waals surface area (Å²) in [7, 11) is 0. The zero-order valence-electron chi connectivity index (χ0n) is 6.22. The summed E-state index contributed by atoms with van der Waals surface area (Å²) >= 11 is 0. The molecule has 0 rings (SSSR count). The number of carbonyl (C=O) groups is 1. The molecule has 60 valence electrons. The van der Waals surface area contributed by atoms with E-state index in [1.54, 1.807) is 0 Å². The molecule has 0 unspecified atom stereocenters. The second-order valence-electron chi connectivity index (χ2n) is 1.87. The molecule has 0 saturated heterocycles. The van der Waals surface area contributed by atoms with E-state index in [4.69, 9.17) is 10.6 Å². The van der Waals surface area contributed by atoms with Gasteiger partial charge in [-0.15, -0.1) is 0 Å². The van der Waals surface area contributed by atoms with Crippen molar-refractivity contribution >= 4 is 5.91 Å². The largest absolute Gasteiger partial charge is 0.382 e. The fourth-order valence-electron chi connectivity index (χ4n) is 0.551. The molecule has 0 heterocycles. The third-order valence-electron chi connectivity index (χ3n) is 1.06. The number of hydrogen-bond donors (Lipinski definition) is 2. The third-order valence-corrected chi connectivity index (χ3v) is 1.06. The molecule has 0 aliphatic carbocycles. The van der Waals surface area contributed by atoms with Gasteiger partial charge in [-0.3, -0.25) is 10.2 Å². The molecule has 0 aliphatic heterocycles. The van der Waals surface area contributed by atoms with Crippen LogP contribution in [-0.2, 0) is 9.53 Å². The maximum Gasteiger partial charge on any atom is 0.233 e. The van der Waals surface area contributed by atoms with Gasteiger partial charge in [-0.1, -0.05) is 0 Å². The average Bonchev–Trinajstić information content (AvgIpc) is 1.98. The number of hydrazine groups is 1. The van der Waals surface area contributed by atoms with Gasteiger partial charge in [0.15, 0.2) is 0 Å².